The predicted molar refractivity (Wildman–Crippen MR) is 139 cm³/mol. The maximum atomic E-state index is 13.3. The maximum absolute atomic E-state index is 13.3. The van der Waals surface area contributed by atoms with Gasteiger partial charge in [-0.25, -0.2) is 12.8 Å². The van der Waals surface area contributed by atoms with Gasteiger partial charge in [0, 0.05) is 30.2 Å². The summed E-state index contributed by atoms with van der Waals surface area (Å²) in [6, 6.07) is 23.2. The fourth-order valence-corrected chi connectivity index (χ4v) is 6.63. The number of fused-ring (bicyclic) bond motifs is 1. The van der Waals surface area contributed by atoms with Gasteiger partial charge in [-0.2, -0.15) is 0 Å². The van der Waals surface area contributed by atoms with Crippen LogP contribution in [0, 0.1) is 11.7 Å². The van der Waals surface area contributed by atoms with Crippen molar-refractivity contribution in [3.8, 4) is 0 Å². The fourth-order valence-electron chi connectivity index (χ4n) is 5.05. The largest absolute Gasteiger partial charge is 0.341 e. The van der Waals surface area contributed by atoms with Gasteiger partial charge in [0.05, 0.1) is 10.6 Å². The second-order valence-corrected chi connectivity index (χ2v) is 11.5. The zero-order chi connectivity index (χ0) is 25.1. The van der Waals surface area contributed by atoms with E-state index in [1.807, 2.05) is 23.1 Å². The molecule has 1 fully saturated rings. The van der Waals surface area contributed by atoms with E-state index in [-0.39, 0.29) is 23.1 Å². The summed E-state index contributed by atoms with van der Waals surface area (Å²) in [5.41, 5.74) is 2.56. The molecule has 1 aliphatic heterocycles. The van der Waals surface area contributed by atoms with Crippen molar-refractivity contribution in [1.82, 2.24) is 9.47 Å². The minimum absolute atomic E-state index is 0.00334. The Morgan fingerprint density at radius 1 is 0.861 bits per heavy atom. The first-order valence-electron chi connectivity index (χ1n) is 12.3. The lowest BCUT2D eigenvalue weighted by Gasteiger charge is -2.32. The number of hydrogen-bond acceptors (Lipinski definition) is 3. The molecule has 7 heteroatoms. The molecule has 0 bridgehead atoms. The first-order chi connectivity index (χ1) is 17.4. The molecule has 1 aliphatic rings. The molecule has 1 amide bonds. The SMILES string of the molecule is O=C(Cn1cc(S(=O)(=O)Cc2ccc(F)cc2)c2ccccc21)N1CCC(Cc2ccccc2)CC1. The Balaban J connectivity index is 1.30. The molecule has 5 rings (SSSR count). The van der Waals surface area contributed by atoms with Crippen molar-refractivity contribution in [2.45, 2.75) is 36.5 Å². The number of carbonyl (C=O) groups is 1. The molecular weight excluding hydrogens is 475 g/mol. The smallest absolute Gasteiger partial charge is 0.242 e. The summed E-state index contributed by atoms with van der Waals surface area (Å²) in [5.74, 6) is -0.0803. The maximum Gasteiger partial charge on any atom is 0.242 e. The predicted octanol–water partition coefficient (Wildman–Crippen LogP) is 5.24. The Bertz CT molecular complexity index is 1460. The van der Waals surface area contributed by atoms with Crippen LogP contribution in [-0.4, -0.2) is 36.9 Å². The van der Waals surface area contributed by atoms with Crippen molar-refractivity contribution in [2.75, 3.05) is 13.1 Å². The van der Waals surface area contributed by atoms with Gasteiger partial charge in [0.25, 0.3) is 0 Å². The Kier molecular flexibility index (Phi) is 6.92. The van der Waals surface area contributed by atoms with Crippen molar-refractivity contribution in [3.63, 3.8) is 0 Å². The number of piperidine rings is 1. The Morgan fingerprint density at radius 3 is 2.25 bits per heavy atom. The molecule has 36 heavy (non-hydrogen) atoms. The molecule has 0 unspecified atom stereocenters. The second kappa shape index (κ2) is 10.3. The van der Waals surface area contributed by atoms with Crippen LogP contribution in [0.5, 0.6) is 0 Å². The van der Waals surface area contributed by atoms with Crippen LogP contribution in [0.25, 0.3) is 10.9 Å². The third-order valence-electron chi connectivity index (χ3n) is 7.00. The molecule has 2 heterocycles. The number of hydrogen-bond donors (Lipinski definition) is 0. The van der Waals surface area contributed by atoms with Crippen LogP contribution in [0.2, 0.25) is 0 Å². The summed E-state index contributed by atoms with van der Waals surface area (Å²) in [4.78, 5) is 15.3. The van der Waals surface area contributed by atoms with Crippen LogP contribution < -0.4 is 0 Å². The molecule has 186 valence electrons. The van der Waals surface area contributed by atoms with Gasteiger partial charge in [-0.05, 0) is 54.5 Å². The van der Waals surface area contributed by atoms with E-state index in [0.717, 1.165) is 19.3 Å². The number of amides is 1. The molecule has 5 nitrogen and oxygen atoms in total. The van der Waals surface area contributed by atoms with E-state index in [1.54, 1.807) is 22.9 Å². The molecule has 0 aliphatic carbocycles. The van der Waals surface area contributed by atoms with Crippen LogP contribution in [0.4, 0.5) is 4.39 Å². The van der Waals surface area contributed by atoms with E-state index in [9.17, 15) is 17.6 Å². The number of halogens is 1. The Morgan fingerprint density at radius 2 is 1.53 bits per heavy atom. The molecule has 0 radical (unpaired) electrons. The third kappa shape index (κ3) is 5.36. The van der Waals surface area contributed by atoms with Crippen LogP contribution in [0.3, 0.4) is 0 Å². The van der Waals surface area contributed by atoms with Crippen molar-refractivity contribution in [1.29, 1.82) is 0 Å². The molecule has 1 aromatic heterocycles. The van der Waals surface area contributed by atoms with E-state index in [4.69, 9.17) is 0 Å². The van der Waals surface area contributed by atoms with Crippen LogP contribution in [-0.2, 0) is 33.4 Å². The van der Waals surface area contributed by atoms with Crippen LogP contribution >= 0.6 is 0 Å². The number of para-hydroxylation sites is 1. The van der Waals surface area contributed by atoms with Crippen molar-refractivity contribution in [2.24, 2.45) is 5.92 Å². The van der Waals surface area contributed by atoms with Gasteiger partial charge in [-0.15, -0.1) is 0 Å². The molecule has 0 spiro atoms. The lowest BCUT2D eigenvalue weighted by atomic mass is 9.90. The van der Waals surface area contributed by atoms with Gasteiger partial charge in [0.1, 0.15) is 12.4 Å². The first-order valence-corrected chi connectivity index (χ1v) is 13.9. The second-order valence-electron chi connectivity index (χ2n) is 9.54. The van der Waals surface area contributed by atoms with E-state index < -0.39 is 15.7 Å². The lowest BCUT2D eigenvalue weighted by molar-refractivity contribution is -0.133. The number of rotatable bonds is 7. The van der Waals surface area contributed by atoms with Gasteiger partial charge >= 0.3 is 0 Å². The van der Waals surface area contributed by atoms with Crippen molar-refractivity contribution < 1.29 is 17.6 Å². The van der Waals surface area contributed by atoms with E-state index in [1.165, 1.54) is 29.8 Å². The quantitative estimate of drug-likeness (QED) is 0.346. The van der Waals surface area contributed by atoms with Crippen LogP contribution in [0.1, 0.15) is 24.0 Å². The molecule has 4 aromatic rings. The third-order valence-corrected chi connectivity index (χ3v) is 8.71. The number of likely N-dealkylation sites (tertiary alicyclic amines) is 1. The molecule has 0 saturated carbocycles. The normalized spacial score (nSPS) is 14.9. The Labute approximate surface area is 211 Å². The highest BCUT2D eigenvalue weighted by Crippen LogP contribution is 2.29. The van der Waals surface area contributed by atoms with E-state index in [0.29, 0.717) is 35.5 Å². The highest BCUT2D eigenvalue weighted by molar-refractivity contribution is 7.90. The lowest BCUT2D eigenvalue weighted by Crippen LogP contribution is -2.40. The van der Waals surface area contributed by atoms with Crippen molar-refractivity contribution >= 4 is 26.6 Å². The number of aromatic nitrogens is 1. The number of sulfone groups is 1. The van der Waals surface area contributed by atoms with Gasteiger partial charge in [-0.1, -0.05) is 60.7 Å². The summed E-state index contributed by atoms with van der Waals surface area (Å²) < 4.78 is 41.6. The minimum Gasteiger partial charge on any atom is -0.341 e. The standard InChI is InChI=1S/C29H29FN2O3S/c30-25-12-10-24(11-13-25)21-36(34,35)28-19-32(27-9-5-4-8-26(27)28)20-29(33)31-16-14-23(15-17-31)18-22-6-2-1-3-7-22/h1-13,19,23H,14-18,20-21H2. The average Bonchev–Trinajstić information content (AvgIpc) is 3.26. The molecule has 0 N–H and O–H groups in total. The monoisotopic (exact) mass is 504 g/mol. The molecular formula is C29H29FN2O3S. The molecule has 0 atom stereocenters. The summed E-state index contributed by atoms with van der Waals surface area (Å²) in [6.07, 6.45) is 4.53. The fraction of sp³-hybridized carbons (Fsp3) is 0.276. The zero-order valence-electron chi connectivity index (χ0n) is 20.0. The Hall–Kier alpha value is -3.45. The summed E-state index contributed by atoms with van der Waals surface area (Å²) in [7, 11) is -3.70. The summed E-state index contributed by atoms with van der Waals surface area (Å²) >= 11 is 0. The number of benzene rings is 3. The topological polar surface area (TPSA) is 59.4 Å². The highest BCUT2D eigenvalue weighted by Gasteiger charge is 2.26. The zero-order valence-corrected chi connectivity index (χ0v) is 20.8. The van der Waals surface area contributed by atoms with Gasteiger partial charge < -0.3 is 9.47 Å². The summed E-state index contributed by atoms with van der Waals surface area (Å²) in [6.45, 7) is 1.52. The van der Waals surface area contributed by atoms with Gasteiger partial charge in [0.15, 0.2) is 9.84 Å². The average molecular weight is 505 g/mol. The molecule has 3 aromatic carbocycles. The minimum atomic E-state index is -3.70. The van der Waals surface area contributed by atoms with Gasteiger partial charge in [0.2, 0.25) is 5.91 Å². The number of carbonyl (C=O) groups excluding carboxylic acids is 1. The number of nitrogens with zero attached hydrogens (tertiary/aromatic N) is 2. The first kappa shape index (κ1) is 24.3. The summed E-state index contributed by atoms with van der Waals surface area (Å²) in [5, 5.41) is 0.592. The van der Waals surface area contributed by atoms with E-state index in [2.05, 4.69) is 24.3 Å². The highest BCUT2D eigenvalue weighted by atomic mass is 32.2. The van der Waals surface area contributed by atoms with Crippen molar-refractivity contribution in [3.05, 3.63) is 102 Å². The molecule has 1 saturated heterocycles. The van der Waals surface area contributed by atoms with Crippen LogP contribution in [0.15, 0.2) is 90.0 Å². The van der Waals surface area contributed by atoms with E-state index >= 15 is 0 Å². The van der Waals surface area contributed by atoms with Gasteiger partial charge in [-0.3, -0.25) is 4.79 Å².